The molecular weight excluding hydrogens is 287 g/mol. The average Bonchev–Trinajstić information content (AvgIpc) is 2.91. The summed E-state index contributed by atoms with van der Waals surface area (Å²) in [6.45, 7) is 4.16. The number of halogens is 1. The fraction of sp³-hybridized carbons (Fsp3) is 0.400. The topological polar surface area (TPSA) is 15.3 Å². The number of hydrogen-bond acceptors (Lipinski definition) is 2. The van der Waals surface area contributed by atoms with Gasteiger partial charge in [0.2, 0.25) is 0 Å². The minimum atomic E-state index is -0.144. The van der Waals surface area contributed by atoms with E-state index in [9.17, 15) is 4.39 Å². The van der Waals surface area contributed by atoms with Gasteiger partial charge in [-0.15, -0.1) is 0 Å². The highest BCUT2D eigenvalue weighted by Gasteiger charge is 2.18. The molecule has 1 atom stereocenters. The Morgan fingerprint density at radius 1 is 1.26 bits per heavy atom. The zero-order valence-corrected chi connectivity index (χ0v) is 13.5. The van der Waals surface area contributed by atoms with Crippen molar-refractivity contribution in [2.75, 3.05) is 26.2 Å². The van der Waals surface area contributed by atoms with Crippen LogP contribution in [0.2, 0.25) is 0 Å². The predicted octanol–water partition coefficient (Wildman–Crippen LogP) is 3.47. The zero-order chi connectivity index (χ0) is 15.9. The van der Waals surface area contributed by atoms with E-state index in [0.717, 1.165) is 51.0 Å². The molecule has 1 aromatic carbocycles. The second-order valence-corrected chi connectivity index (χ2v) is 6.38. The zero-order valence-electron chi connectivity index (χ0n) is 13.5. The first-order valence-corrected chi connectivity index (χ1v) is 8.52. The van der Waals surface area contributed by atoms with Crippen molar-refractivity contribution >= 4 is 0 Å². The molecule has 1 aliphatic heterocycles. The minimum Gasteiger partial charge on any atom is -0.312 e. The molecule has 2 aliphatic rings. The first kappa shape index (κ1) is 16.2. The average molecular weight is 312 g/mol. The van der Waals surface area contributed by atoms with Crippen molar-refractivity contribution in [3.05, 3.63) is 71.6 Å². The molecule has 0 spiro atoms. The maximum atomic E-state index is 13.4. The van der Waals surface area contributed by atoms with Gasteiger partial charge in [0.05, 0.1) is 0 Å². The van der Waals surface area contributed by atoms with Crippen LogP contribution >= 0.6 is 0 Å². The van der Waals surface area contributed by atoms with Gasteiger partial charge in [-0.2, -0.15) is 0 Å². The Kier molecular flexibility index (Phi) is 5.78. The molecule has 1 saturated heterocycles. The van der Waals surface area contributed by atoms with Gasteiger partial charge in [-0.05, 0) is 55.6 Å². The molecule has 1 heterocycles. The second-order valence-electron chi connectivity index (χ2n) is 6.38. The summed E-state index contributed by atoms with van der Waals surface area (Å²) in [6, 6.07) is 7.36. The van der Waals surface area contributed by atoms with E-state index in [1.807, 2.05) is 6.07 Å². The van der Waals surface area contributed by atoms with Crippen LogP contribution in [0.5, 0.6) is 0 Å². The standard InChI is InChI=1S/C20H25FN2/c21-19-10-5-9-18(13-19)14-20-16-23(12-6-11-22-20)15-17-7-3-1-2-4-8-17/h1-3,5,7-10,13,20,22H,4,6,11-12,14-16H2/t20-/m1/s1. The monoisotopic (exact) mass is 312 g/mol. The van der Waals surface area contributed by atoms with E-state index in [4.69, 9.17) is 0 Å². The summed E-state index contributed by atoms with van der Waals surface area (Å²) in [7, 11) is 0. The Hall–Kier alpha value is -1.71. The molecule has 0 aromatic heterocycles. The van der Waals surface area contributed by atoms with Crippen LogP contribution < -0.4 is 5.32 Å². The summed E-state index contributed by atoms with van der Waals surface area (Å²) in [5.74, 6) is -0.144. The van der Waals surface area contributed by atoms with Crippen molar-refractivity contribution in [2.24, 2.45) is 0 Å². The van der Waals surface area contributed by atoms with E-state index in [2.05, 4.69) is 40.6 Å². The van der Waals surface area contributed by atoms with Crippen molar-refractivity contribution < 1.29 is 4.39 Å². The molecular formula is C20H25FN2. The third-order valence-electron chi connectivity index (χ3n) is 4.41. The van der Waals surface area contributed by atoms with Crippen molar-refractivity contribution in [3.63, 3.8) is 0 Å². The van der Waals surface area contributed by atoms with E-state index >= 15 is 0 Å². The molecule has 1 aliphatic carbocycles. The lowest BCUT2D eigenvalue weighted by Gasteiger charge is -2.25. The van der Waals surface area contributed by atoms with Crippen molar-refractivity contribution in [1.29, 1.82) is 0 Å². The third-order valence-corrected chi connectivity index (χ3v) is 4.41. The van der Waals surface area contributed by atoms with Gasteiger partial charge < -0.3 is 5.32 Å². The summed E-state index contributed by atoms with van der Waals surface area (Å²) in [5, 5.41) is 3.62. The largest absolute Gasteiger partial charge is 0.312 e. The molecule has 2 nitrogen and oxygen atoms in total. The van der Waals surface area contributed by atoms with Gasteiger partial charge in [0.1, 0.15) is 5.82 Å². The highest BCUT2D eigenvalue weighted by Crippen LogP contribution is 2.13. The highest BCUT2D eigenvalue weighted by molar-refractivity contribution is 5.27. The SMILES string of the molecule is Fc1cccc(C[C@@H]2CN(CC3=CCC=CC=C3)CCCN2)c1. The van der Waals surface area contributed by atoms with Gasteiger partial charge in [-0.1, -0.05) is 42.5 Å². The lowest BCUT2D eigenvalue weighted by atomic mass is 10.1. The molecule has 0 unspecified atom stereocenters. The van der Waals surface area contributed by atoms with Gasteiger partial charge in [0.15, 0.2) is 0 Å². The van der Waals surface area contributed by atoms with Gasteiger partial charge in [0.25, 0.3) is 0 Å². The first-order chi connectivity index (χ1) is 11.3. The van der Waals surface area contributed by atoms with E-state index in [1.54, 1.807) is 12.1 Å². The molecule has 23 heavy (non-hydrogen) atoms. The summed E-state index contributed by atoms with van der Waals surface area (Å²) in [4.78, 5) is 2.52. The quantitative estimate of drug-likeness (QED) is 0.916. The Balaban J connectivity index is 1.60. The van der Waals surface area contributed by atoms with Crippen LogP contribution in [-0.4, -0.2) is 37.1 Å². The maximum absolute atomic E-state index is 13.4. The molecule has 0 amide bonds. The van der Waals surface area contributed by atoms with Gasteiger partial charge in [-0.3, -0.25) is 4.90 Å². The highest BCUT2D eigenvalue weighted by atomic mass is 19.1. The number of allylic oxidation sites excluding steroid dienone is 4. The minimum absolute atomic E-state index is 0.144. The fourth-order valence-electron chi connectivity index (χ4n) is 3.30. The smallest absolute Gasteiger partial charge is 0.123 e. The number of hydrogen-bond donors (Lipinski definition) is 1. The van der Waals surface area contributed by atoms with Gasteiger partial charge >= 0.3 is 0 Å². The normalized spacial score (nSPS) is 22.5. The molecule has 3 heteroatoms. The van der Waals surface area contributed by atoms with E-state index in [-0.39, 0.29) is 5.82 Å². The van der Waals surface area contributed by atoms with Crippen LogP contribution in [0, 0.1) is 5.82 Å². The van der Waals surface area contributed by atoms with E-state index in [1.165, 1.54) is 11.6 Å². The molecule has 1 fully saturated rings. The van der Waals surface area contributed by atoms with Crippen LogP contribution in [-0.2, 0) is 6.42 Å². The number of nitrogens with zero attached hydrogens (tertiary/aromatic N) is 1. The number of nitrogens with one attached hydrogen (secondary N) is 1. The van der Waals surface area contributed by atoms with Crippen molar-refractivity contribution in [1.82, 2.24) is 10.2 Å². The summed E-state index contributed by atoms with van der Waals surface area (Å²) in [5.41, 5.74) is 2.46. The van der Waals surface area contributed by atoms with Crippen LogP contribution in [0.15, 0.2) is 60.2 Å². The number of benzene rings is 1. The van der Waals surface area contributed by atoms with Gasteiger partial charge in [0, 0.05) is 19.1 Å². The molecule has 1 aromatic rings. The predicted molar refractivity (Wildman–Crippen MR) is 93.9 cm³/mol. The van der Waals surface area contributed by atoms with Crippen molar-refractivity contribution in [2.45, 2.75) is 25.3 Å². The Labute approximate surface area is 138 Å². The first-order valence-electron chi connectivity index (χ1n) is 8.52. The van der Waals surface area contributed by atoms with Crippen LogP contribution in [0.4, 0.5) is 4.39 Å². The van der Waals surface area contributed by atoms with Crippen molar-refractivity contribution in [3.8, 4) is 0 Å². The molecule has 122 valence electrons. The summed E-state index contributed by atoms with van der Waals surface area (Å²) >= 11 is 0. The third kappa shape index (κ3) is 5.15. The number of rotatable bonds is 4. The van der Waals surface area contributed by atoms with Crippen LogP contribution in [0.25, 0.3) is 0 Å². The second kappa shape index (κ2) is 8.23. The van der Waals surface area contributed by atoms with Crippen LogP contribution in [0.3, 0.4) is 0 Å². The van der Waals surface area contributed by atoms with E-state index in [0.29, 0.717) is 6.04 Å². The Bertz CT molecular complexity index is 603. The molecule has 0 radical (unpaired) electrons. The molecule has 3 rings (SSSR count). The fourth-order valence-corrected chi connectivity index (χ4v) is 3.30. The van der Waals surface area contributed by atoms with Crippen LogP contribution in [0.1, 0.15) is 18.4 Å². The summed E-state index contributed by atoms with van der Waals surface area (Å²) < 4.78 is 13.4. The van der Waals surface area contributed by atoms with Gasteiger partial charge in [-0.25, -0.2) is 4.39 Å². The lowest BCUT2D eigenvalue weighted by molar-refractivity contribution is 0.289. The summed E-state index contributed by atoms with van der Waals surface area (Å²) in [6.07, 6.45) is 14.0. The maximum Gasteiger partial charge on any atom is 0.123 e. The Morgan fingerprint density at radius 2 is 2.22 bits per heavy atom. The molecule has 1 N–H and O–H groups in total. The Morgan fingerprint density at radius 3 is 3.13 bits per heavy atom. The lowest BCUT2D eigenvalue weighted by Crippen LogP contribution is -2.39. The molecule has 0 saturated carbocycles. The molecule has 0 bridgehead atoms. The van der Waals surface area contributed by atoms with E-state index < -0.39 is 0 Å².